The molecule has 3 aromatic carbocycles. The lowest BCUT2D eigenvalue weighted by Crippen LogP contribution is -2.31. The molecule has 9 heteroatoms. The zero-order valence-electron chi connectivity index (χ0n) is 13.7. The second-order valence-corrected chi connectivity index (χ2v) is 8.79. The first-order chi connectivity index (χ1) is 13.4. The summed E-state index contributed by atoms with van der Waals surface area (Å²) >= 11 is 7.66. The Morgan fingerprint density at radius 2 is 1.29 bits per heavy atom. The van der Waals surface area contributed by atoms with E-state index >= 15 is 0 Å². The third kappa shape index (κ3) is 2.13. The maximum atomic E-state index is 10.5. The van der Waals surface area contributed by atoms with Crippen molar-refractivity contribution in [2.45, 2.75) is 10.5 Å². The van der Waals surface area contributed by atoms with Gasteiger partial charge >= 0.3 is 0 Å². The highest BCUT2D eigenvalue weighted by molar-refractivity contribution is 9.11. The number of phenols is 4. The zero-order valence-corrected chi connectivity index (χ0v) is 17.7. The fraction of sp³-hybridized carbons (Fsp3) is 0.0526. The van der Waals surface area contributed by atoms with Crippen LogP contribution in [0.1, 0.15) is 16.7 Å². The van der Waals surface area contributed by atoms with Gasteiger partial charge in [-0.1, -0.05) is 18.2 Å². The molecule has 3 aromatic rings. The molecule has 0 amide bonds. The Labute approximate surface area is 179 Å². The van der Waals surface area contributed by atoms with Crippen LogP contribution < -0.4 is 4.74 Å². The van der Waals surface area contributed by atoms with Gasteiger partial charge in [0.25, 0.3) is 0 Å². The fourth-order valence-electron chi connectivity index (χ4n) is 3.56. The molecule has 4 N–H and O–H groups in total. The highest BCUT2D eigenvalue weighted by Crippen LogP contribution is 2.65. The second kappa shape index (κ2) is 5.96. The van der Waals surface area contributed by atoms with Crippen LogP contribution in [0.15, 0.2) is 50.2 Å². The molecule has 2 aliphatic rings. The first kappa shape index (κ1) is 18.0. The van der Waals surface area contributed by atoms with E-state index < -0.39 is 28.6 Å². The lowest BCUT2D eigenvalue weighted by molar-refractivity contribution is 0.179. The van der Waals surface area contributed by atoms with Gasteiger partial charge in [-0.2, -0.15) is 0 Å². The van der Waals surface area contributed by atoms with E-state index in [2.05, 4.69) is 31.9 Å². The third-order valence-electron chi connectivity index (χ3n) is 4.85. The molecular weight excluding hydrogens is 516 g/mol. The molecule has 0 bridgehead atoms. The summed E-state index contributed by atoms with van der Waals surface area (Å²) in [6.45, 7) is 0. The van der Waals surface area contributed by atoms with Gasteiger partial charge in [-0.15, -0.1) is 0 Å². The van der Waals surface area contributed by atoms with Crippen LogP contribution in [0, 0.1) is 0 Å². The van der Waals surface area contributed by atoms with E-state index in [0.717, 1.165) is 22.5 Å². The molecule has 0 atom stereocenters. The van der Waals surface area contributed by atoms with E-state index in [0.29, 0.717) is 11.1 Å². The Balaban J connectivity index is 1.96. The van der Waals surface area contributed by atoms with E-state index in [4.69, 9.17) is 8.92 Å². The normalized spacial score (nSPS) is 15.6. The molecule has 0 fully saturated rings. The molecule has 2 aliphatic heterocycles. The quantitative estimate of drug-likeness (QED) is 0.228. The van der Waals surface area contributed by atoms with Crippen molar-refractivity contribution in [3.05, 3.63) is 62.0 Å². The van der Waals surface area contributed by atoms with Crippen molar-refractivity contribution in [2.75, 3.05) is 0 Å². The van der Waals surface area contributed by atoms with Crippen molar-refractivity contribution in [1.29, 1.82) is 0 Å². The van der Waals surface area contributed by atoms with Crippen LogP contribution in [0.4, 0.5) is 0 Å². The fourth-order valence-corrected chi connectivity index (χ4v) is 5.31. The van der Waals surface area contributed by atoms with Crippen LogP contribution in [-0.4, -0.2) is 20.4 Å². The van der Waals surface area contributed by atoms with E-state index in [9.17, 15) is 20.4 Å². The van der Waals surface area contributed by atoms with Crippen LogP contribution in [-0.2, 0) is 9.78 Å². The number of aromatic hydroxyl groups is 4. The van der Waals surface area contributed by atoms with Crippen LogP contribution in [0.2, 0.25) is 0 Å². The maximum Gasteiger partial charge on any atom is 0.202 e. The molecule has 2 heterocycles. The molecular formula is C19H10Br2O6S. The van der Waals surface area contributed by atoms with E-state index in [-0.39, 0.29) is 20.4 Å². The molecule has 28 heavy (non-hydrogen) atoms. The molecule has 0 radical (unpaired) electrons. The summed E-state index contributed by atoms with van der Waals surface area (Å²) in [4.78, 5) is 0.855. The highest BCUT2D eigenvalue weighted by Gasteiger charge is 2.53. The summed E-state index contributed by atoms with van der Waals surface area (Å²) in [6.07, 6.45) is 0. The van der Waals surface area contributed by atoms with Crippen molar-refractivity contribution < 1.29 is 29.3 Å². The second-order valence-electron chi connectivity index (χ2n) is 6.31. The first-order valence-electron chi connectivity index (χ1n) is 7.99. The van der Waals surface area contributed by atoms with Gasteiger partial charge < -0.3 is 25.2 Å². The van der Waals surface area contributed by atoms with Crippen molar-refractivity contribution in [2.24, 2.45) is 0 Å². The average molecular weight is 526 g/mol. The van der Waals surface area contributed by atoms with E-state index in [1.54, 1.807) is 12.1 Å². The first-order valence-corrected chi connectivity index (χ1v) is 10.3. The van der Waals surface area contributed by atoms with Crippen molar-refractivity contribution in [1.82, 2.24) is 0 Å². The topological polar surface area (TPSA) is 99.4 Å². The Morgan fingerprint density at radius 3 is 1.86 bits per heavy atom. The van der Waals surface area contributed by atoms with Gasteiger partial charge in [-0.3, -0.25) is 4.18 Å². The lowest BCUT2D eigenvalue weighted by atomic mass is 9.77. The molecule has 0 unspecified atom stereocenters. The highest BCUT2D eigenvalue weighted by atomic mass is 79.9. The van der Waals surface area contributed by atoms with Crippen LogP contribution >= 0.6 is 43.9 Å². The summed E-state index contributed by atoms with van der Waals surface area (Å²) in [5.41, 5.74) is 0.416. The predicted octanol–water partition coefficient (Wildman–Crippen LogP) is 5.47. The predicted molar refractivity (Wildman–Crippen MR) is 108 cm³/mol. The Bertz CT molecular complexity index is 1120. The van der Waals surface area contributed by atoms with Gasteiger partial charge in [0, 0.05) is 33.6 Å². The molecule has 0 aromatic heterocycles. The van der Waals surface area contributed by atoms with Crippen LogP contribution in [0.5, 0.6) is 34.5 Å². The van der Waals surface area contributed by atoms with Gasteiger partial charge in [0.15, 0.2) is 28.6 Å². The van der Waals surface area contributed by atoms with Gasteiger partial charge in [0.2, 0.25) is 11.5 Å². The number of ether oxygens (including phenoxy) is 1. The van der Waals surface area contributed by atoms with Crippen molar-refractivity contribution >= 4 is 43.9 Å². The number of rotatable bonds is 0. The van der Waals surface area contributed by atoms with E-state index in [1.165, 1.54) is 0 Å². The number of hydrogen-bond donors (Lipinski definition) is 4. The Hall–Kier alpha value is -2.07. The molecule has 5 rings (SSSR count). The van der Waals surface area contributed by atoms with Gasteiger partial charge in [0.1, 0.15) is 0 Å². The minimum absolute atomic E-state index is 0.0671. The SMILES string of the molecule is Oc1c(Br)cc2c(c1O)Oc1c(cc(Br)c(O)c1O)C21OSc2ccccc21. The standard InChI is InChI=1S/C19H10Br2O6S/c20-10-5-8-17(15(24)13(10)22)26-18-9(6-11(21)14(23)16(18)25)19(8)7-3-1-2-4-12(7)28-27-19/h1-6,22-25H. The summed E-state index contributed by atoms with van der Waals surface area (Å²) in [6, 6.07) is 10.7. The Morgan fingerprint density at radius 1 is 0.750 bits per heavy atom. The number of hydrogen-bond acceptors (Lipinski definition) is 7. The Kier molecular flexibility index (Phi) is 3.83. The molecule has 6 nitrogen and oxygen atoms in total. The largest absolute Gasteiger partial charge is 0.503 e. The molecule has 1 spiro atoms. The third-order valence-corrected chi connectivity index (χ3v) is 6.93. The number of phenolic OH excluding ortho intramolecular Hbond substituents is 4. The molecule has 0 aliphatic carbocycles. The molecule has 0 saturated heterocycles. The summed E-state index contributed by atoms with van der Waals surface area (Å²) in [7, 11) is 0. The summed E-state index contributed by atoms with van der Waals surface area (Å²) < 4.78 is 12.5. The van der Waals surface area contributed by atoms with Crippen LogP contribution in [0.25, 0.3) is 0 Å². The minimum Gasteiger partial charge on any atom is -0.503 e. The minimum atomic E-state index is -1.24. The van der Waals surface area contributed by atoms with Gasteiger partial charge in [-0.05, 0) is 50.1 Å². The van der Waals surface area contributed by atoms with Crippen molar-refractivity contribution in [3.63, 3.8) is 0 Å². The smallest absolute Gasteiger partial charge is 0.202 e. The molecule has 142 valence electrons. The number of benzene rings is 3. The van der Waals surface area contributed by atoms with Gasteiger partial charge in [-0.25, -0.2) is 0 Å². The van der Waals surface area contributed by atoms with Crippen LogP contribution in [0.3, 0.4) is 0 Å². The monoisotopic (exact) mass is 524 g/mol. The maximum absolute atomic E-state index is 10.5. The van der Waals surface area contributed by atoms with Crippen molar-refractivity contribution in [3.8, 4) is 34.5 Å². The lowest BCUT2D eigenvalue weighted by Gasteiger charge is -2.37. The number of fused-ring (bicyclic) bond motifs is 6. The van der Waals surface area contributed by atoms with Gasteiger partial charge in [0.05, 0.1) is 8.95 Å². The zero-order chi connectivity index (χ0) is 19.8. The molecule has 0 saturated carbocycles. The number of halogens is 2. The summed E-state index contributed by atoms with van der Waals surface area (Å²) in [5.74, 6) is -1.96. The average Bonchev–Trinajstić information content (AvgIpc) is 3.07. The van der Waals surface area contributed by atoms with E-state index in [1.807, 2.05) is 24.3 Å². The summed E-state index contributed by atoms with van der Waals surface area (Å²) in [5, 5.41) is 41.4.